The van der Waals surface area contributed by atoms with Gasteiger partial charge in [0, 0.05) is 12.1 Å². The Morgan fingerprint density at radius 1 is 1.24 bits per heavy atom. The summed E-state index contributed by atoms with van der Waals surface area (Å²) in [5.74, 6) is -1.33. The molecule has 1 aromatic heterocycles. The molecule has 0 bridgehead atoms. The van der Waals surface area contributed by atoms with Gasteiger partial charge in [-0.3, -0.25) is 4.79 Å². The molecule has 7 heteroatoms. The lowest BCUT2D eigenvalue weighted by Crippen LogP contribution is -2.24. The molecule has 0 atom stereocenters. The van der Waals surface area contributed by atoms with Gasteiger partial charge >= 0.3 is 6.18 Å². The molecule has 112 valence electrons. The number of carbonyl (C=O) groups is 1. The van der Waals surface area contributed by atoms with E-state index in [0.717, 1.165) is 6.39 Å². The predicted octanol–water partition coefficient (Wildman–Crippen LogP) is 3.06. The van der Waals surface area contributed by atoms with Crippen LogP contribution >= 0.6 is 0 Å². The molecular weight excluding hydrogens is 285 g/mol. The smallest absolute Gasteiger partial charge is 0.439 e. The molecule has 4 nitrogen and oxygen atoms in total. The van der Waals surface area contributed by atoms with Gasteiger partial charge in [0.1, 0.15) is 0 Å². The van der Waals surface area contributed by atoms with Crippen LogP contribution in [0.3, 0.4) is 0 Å². The maximum atomic E-state index is 12.5. The first-order chi connectivity index (χ1) is 9.98. The van der Waals surface area contributed by atoms with E-state index in [1.807, 2.05) is 0 Å². The van der Waals surface area contributed by atoms with Crippen LogP contribution in [0.5, 0.6) is 0 Å². The number of rotatable bonds is 5. The molecule has 1 amide bonds. The highest BCUT2D eigenvalue weighted by Crippen LogP contribution is 2.31. The standard InChI is InChI=1S/C14H13F3N2O2/c15-14(16,17)12-11(19-9-21-12)7-4-8-18-13(20)10-5-2-1-3-6-10/h1-3,5-6,9H,4,7-8H2,(H,18,20). The third-order valence-corrected chi connectivity index (χ3v) is 2.81. The first kappa shape index (κ1) is 15.1. The van der Waals surface area contributed by atoms with Crippen molar-refractivity contribution >= 4 is 5.91 Å². The fourth-order valence-electron chi connectivity index (χ4n) is 1.83. The van der Waals surface area contributed by atoms with Crippen LogP contribution in [0.2, 0.25) is 0 Å². The normalized spacial score (nSPS) is 11.4. The molecule has 0 saturated heterocycles. The fraction of sp³-hybridized carbons (Fsp3) is 0.286. The van der Waals surface area contributed by atoms with Gasteiger partial charge in [-0.15, -0.1) is 0 Å². The summed E-state index contributed by atoms with van der Waals surface area (Å²) in [5, 5.41) is 2.64. The Morgan fingerprint density at radius 3 is 2.62 bits per heavy atom. The van der Waals surface area contributed by atoms with E-state index in [4.69, 9.17) is 0 Å². The number of nitrogens with one attached hydrogen (secondary N) is 1. The van der Waals surface area contributed by atoms with E-state index in [2.05, 4.69) is 14.7 Å². The number of aryl methyl sites for hydroxylation is 1. The lowest BCUT2D eigenvalue weighted by molar-refractivity contribution is -0.153. The minimum Gasteiger partial charge on any atom is -0.439 e. The highest BCUT2D eigenvalue weighted by Gasteiger charge is 2.37. The average molecular weight is 298 g/mol. The molecule has 2 aromatic rings. The zero-order chi connectivity index (χ0) is 15.3. The summed E-state index contributed by atoms with van der Waals surface area (Å²) in [4.78, 5) is 15.3. The van der Waals surface area contributed by atoms with Gasteiger partial charge in [-0.1, -0.05) is 18.2 Å². The molecule has 0 saturated carbocycles. The van der Waals surface area contributed by atoms with Gasteiger partial charge in [0.15, 0.2) is 6.39 Å². The zero-order valence-corrected chi connectivity index (χ0v) is 11.0. The molecule has 2 rings (SSSR count). The Bertz CT molecular complexity index is 594. The summed E-state index contributed by atoms with van der Waals surface area (Å²) in [6.07, 6.45) is -3.34. The third-order valence-electron chi connectivity index (χ3n) is 2.81. The molecule has 1 N–H and O–H groups in total. The van der Waals surface area contributed by atoms with Crippen molar-refractivity contribution in [3.8, 4) is 0 Å². The van der Waals surface area contributed by atoms with Crippen molar-refractivity contribution in [2.24, 2.45) is 0 Å². The Balaban J connectivity index is 1.81. The van der Waals surface area contributed by atoms with Crippen LogP contribution in [-0.2, 0) is 12.6 Å². The molecule has 0 radical (unpaired) electrons. The minimum atomic E-state index is -4.54. The van der Waals surface area contributed by atoms with Crippen molar-refractivity contribution in [1.29, 1.82) is 0 Å². The van der Waals surface area contributed by atoms with Crippen LogP contribution in [0.15, 0.2) is 41.1 Å². The molecule has 21 heavy (non-hydrogen) atoms. The van der Waals surface area contributed by atoms with Gasteiger partial charge < -0.3 is 9.73 Å². The molecule has 0 aliphatic carbocycles. The van der Waals surface area contributed by atoms with E-state index in [1.54, 1.807) is 30.3 Å². The highest BCUT2D eigenvalue weighted by atomic mass is 19.4. The zero-order valence-electron chi connectivity index (χ0n) is 11.0. The quantitative estimate of drug-likeness (QED) is 0.863. The van der Waals surface area contributed by atoms with Crippen molar-refractivity contribution in [3.05, 3.63) is 53.7 Å². The van der Waals surface area contributed by atoms with Gasteiger partial charge in [-0.05, 0) is 25.0 Å². The summed E-state index contributed by atoms with van der Waals surface area (Å²) in [6, 6.07) is 8.59. The molecule has 0 spiro atoms. The van der Waals surface area contributed by atoms with E-state index in [1.165, 1.54) is 0 Å². The highest BCUT2D eigenvalue weighted by molar-refractivity contribution is 5.94. The Labute approximate surface area is 119 Å². The predicted molar refractivity (Wildman–Crippen MR) is 68.6 cm³/mol. The number of carbonyl (C=O) groups excluding carboxylic acids is 1. The van der Waals surface area contributed by atoms with Crippen molar-refractivity contribution < 1.29 is 22.4 Å². The van der Waals surface area contributed by atoms with E-state index < -0.39 is 11.9 Å². The number of halogens is 3. The Morgan fingerprint density at radius 2 is 1.95 bits per heavy atom. The van der Waals surface area contributed by atoms with Gasteiger partial charge in [0.2, 0.25) is 5.76 Å². The largest absolute Gasteiger partial charge is 0.451 e. The lowest BCUT2D eigenvalue weighted by Gasteiger charge is -2.06. The average Bonchev–Trinajstić information content (AvgIpc) is 2.93. The first-order valence-electron chi connectivity index (χ1n) is 6.31. The topological polar surface area (TPSA) is 55.1 Å². The maximum Gasteiger partial charge on any atom is 0.451 e. The van der Waals surface area contributed by atoms with Crippen LogP contribution in [-0.4, -0.2) is 17.4 Å². The van der Waals surface area contributed by atoms with Crippen LogP contribution in [0, 0.1) is 0 Å². The Kier molecular flexibility index (Phi) is 4.62. The van der Waals surface area contributed by atoms with E-state index >= 15 is 0 Å². The number of nitrogens with zero attached hydrogens (tertiary/aromatic N) is 1. The lowest BCUT2D eigenvalue weighted by atomic mass is 10.2. The second-order valence-corrected chi connectivity index (χ2v) is 4.35. The van der Waals surface area contributed by atoms with Crippen molar-refractivity contribution in [2.45, 2.75) is 19.0 Å². The molecule has 0 aliphatic heterocycles. The summed E-state index contributed by atoms with van der Waals surface area (Å²) < 4.78 is 42.0. The molecule has 0 unspecified atom stereocenters. The number of hydrogen-bond donors (Lipinski definition) is 1. The molecular formula is C14H13F3N2O2. The van der Waals surface area contributed by atoms with Gasteiger partial charge in [0.25, 0.3) is 5.91 Å². The van der Waals surface area contributed by atoms with E-state index in [-0.39, 0.29) is 24.6 Å². The number of oxazole rings is 1. The number of benzene rings is 1. The van der Waals surface area contributed by atoms with E-state index in [0.29, 0.717) is 12.0 Å². The van der Waals surface area contributed by atoms with Crippen LogP contribution in [0.1, 0.15) is 28.2 Å². The second-order valence-electron chi connectivity index (χ2n) is 4.35. The first-order valence-corrected chi connectivity index (χ1v) is 6.31. The SMILES string of the molecule is O=C(NCCCc1ncoc1C(F)(F)F)c1ccccc1. The monoisotopic (exact) mass is 298 g/mol. The van der Waals surface area contributed by atoms with Gasteiger partial charge in [-0.25, -0.2) is 4.98 Å². The number of hydrogen-bond acceptors (Lipinski definition) is 3. The van der Waals surface area contributed by atoms with Crippen molar-refractivity contribution in [1.82, 2.24) is 10.3 Å². The fourth-order valence-corrected chi connectivity index (χ4v) is 1.83. The van der Waals surface area contributed by atoms with E-state index in [9.17, 15) is 18.0 Å². The number of amides is 1. The van der Waals surface area contributed by atoms with Crippen LogP contribution < -0.4 is 5.32 Å². The Hall–Kier alpha value is -2.31. The van der Waals surface area contributed by atoms with Crippen molar-refractivity contribution in [3.63, 3.8) is 0 Å². The summed E-state index contributed by atoms with van der Waals surface area (Å²) >= 11 is 0. The third kappa shape index (κ3) is 4.08. The molecule has 0 fully saturated rings. The molecule has 1 heterocycles. The summed E-state index contributed by atoms with van der Waals surface area (Å²) in [5.41, 5.74) is 0.367. The van der Waals surface area contributed by atoms with Crippen LogP contribution in [0.25, 0.3) is 0 Å². The minimum absolute atomic E-state index is 0.0837. The van der Waals surface area contributed by atoms with Crippen molar-refractivity contribution in [2.75, 3.05) is 6.54 Å². The maximum absolute atomic E-state index is 12.5. The summed E-state index contributed by atoms with van der Waals surface area (Å²) in [7, 11) is 0. The number of alkyl halides is 3. The molecule has 1 aromatic carbocycles. The van der Waals surface area contributed by atoms with Gasteiger partial charge in [0.05, 0.1) is 5.69 Å². The number of aromatic nitrogens is 1. The van der Waals surface area contributed by atoms with Crippen LogP contribution in [0.4, 0.5) is 13.2 Å². The summed E-state index contributed by atoms with van der Waals surface area (Å²) in [6.45, 7) is 0.262. The molecule has 0 aliphatic rings. The second kappa shape index (κ2) is 6.43. The van der Waals surface area contributed by atoms with Gasteiger partial charge in [-0.2, -0.15) is 13.2 Å².